The maximum absolute atomic E-state index is 12.7. The molecular formula is C24H24N2O3S. The summed E-state index contributed by atoms with van der Waals surface area (Å²) in [5, 5.41) is 7.57. The molecule has 2 amide bonds. The van der Waals surface area contributed by atoms with Crippen LogP contribution in [0.2, 0.25) is 0 Å². The van der Waals surface area contributed by atoms with E-state index in [1.165, 1.54) is 16.9 Å². The van der Waals surface area contributed by atoms with E-state index in [2.05, 4.69) is 22.8 Å². The minimum Gasteiger partial charge on any atom is -0.497 e. The molecule has 3 aromatic rings. The fourth-order valence-electron chi connectivity index (χ4n) is 2.85. The molecule has 0 spiro atoms. The molecule has 0 saturated carbocycles. The van der Waals surface area contributed by atoms with Crippen molar-refractivity contribution in [2.24, 2.45) is 0 Å². The lowest BCUT2D eigenvalue weighted by Gasteiger charge is -2.11. The maximum Gasteiger partial charge on any atom is 0.267 e. The maximum atomic E-state index is 12.7. The van der Waals surface area contributed by atoms with Gasteiger partial charge in [-0.25, -0.2) is 0 Å². The van der Waals surface area contributed by atoms with Crippen molar-refractivity contribution in [1.29, 1.82) is 0 Å². The second-order valence-electron chi connectivity index (χ2n) is 6.60. The van der Waals surface area contributed by atoms with Crippen molar-refractivity contribution in [3.05, 3.63) is 93.8 Å². The molecular weight excluding hydrogens is 396 g/mol. The van der Waals surface area contributed by atoms with Gasteiger partial charge in [-0.15, -0.1) is 11.3 Å². The Hall–Kier alpha value is -3.38. The normalized spacial score (nSPS) is 11.0. The molecule has 0 unspecified atom stereocenters. The van der Waals surface area contributed by atoms with Crippen molar-refractivity contribution in [3.63, 3.8) is 0 Å². The highest BCUT2D eigenvalue weighted by molar-refractivity contribution is 7.10. The number of carbonyl (C=O) groups excluding carboxylic acids is 2. The summed E-state index contributed by atoms with van der Waals surface area (Å²) in [6.07, 6.45) is 3.39. The van der Waals surface area contributed by atoms with E-state index in [1.54, 1.807) is 37.5 Å². The summed E-state index contributed by atoms with van der Waals surface area (Å²) < 4.78 is 5.12. The number of thiophene rings is 1. The Labute approximate surface area is 180 Å². The highest BCUT2D eigenvalue weighted by Crippen LogP contribution is 2.14. The summed E-state index contributed by atoms with van der Waals surface area (Å²) in [5.74, 6) is 0.00952. The molecule has 0 bridgehead atoms. The fourth-order valence-corrected chi connectivity index (χ4v) is 3.50. The first kappa shape index (κ1) is 21.3. The third-order valence-corrected chi connectivity index (χ3v) is 5.26. The second kappa shape index (κ2) is 11.0. The zero-order chi connectivity index (χ0) is 21.2. The highest BCUT2D eigenvalue weighted by Gasteiger charge is 2.15. The summed E-state index contributed by atoms with van der Waals surface area (Å²) in [4.78, 5) is 26.3. The summed E-state index contributed by atoms with van der Waals surface area (Å²) in [6.45, 7) is 0.522. The lowest BCUT2D eigenvalue weighted by Crippen LogP contribution is -2.35. The van der Waals surface area contributed by atoms with Gasteiger partial charge >= 0.3 is 0 Å². The van der Waals surface area contributed by atoms with Crippen molar-refractivity contribution < 1.29 is 14.3 Å². The van der Waals surface area contributed by atoms with Gasteiger partial charge in [-0.2, -0.15) is 0 Å². The van der Waals surface area contributed by atoms with Gasteiger partial charge in [-0.3, -0.25) is 9.59 Å². The molecule has 6 heteroatoms. The van der Waals surface area contributed by atoms with Gasteiger partial charge in [0.2, 0.25) is 0 Å². The van der Waals surface area contributed by atoms with E-state index in [0.717, 1.165) is 17.7 Å². The summed E-state index contributed by atoms with van der Waals surface area (Å²) in [7, 11) is 1.57. The third-order valence-electron chi connectivity index (χ3n) is 4.45. The number of carbonyl (C=O) groups is 2. The van der Waals surface area contributed by atoms with Crippen molar-refractivity contribution in [1.82, 2.24) is 10.6 Å². The largest absolute Gasteiger partial charge is 0.497 e. The lowest BCUT2D eigenvalue weighted by molar-refractivity contribution is -0.117. The predicted octanol–water partition coefficient (Wildman–Crippen LogP) is 4.28. The molecule has 0 aliphatic rings. The Bertz CT molecular complexity index is 981. The number of aryl methyl sites for hydroxylation is 1. The van der Waals surface area contributed by atoms with Gasteiger partial charge in [0.05, 0.1) is 7.11 Å². The van der Waals surface area contributed by atoms with Crippen LogP contribution >= 0.6 is 11.3 Å². The quantitative estimate of drug-likeness (QED) is 0.401. The van der Waals surface area contributed by atoms with Gasteiger partial charge < -0.3 is 15.4 Å². The molecule has 0 fully saturated rings. The molecule has 154 valence electrons. The monoisotopic (exact) mass is 420 g/mol. The number of rotatable bonds is 9. The topological polar surface area (TPSA) is 67.4 Å². The molecule has 30 heavy (non-hydrogen) atoms. The molecule has 1 aromatic heterocycles. The van der Waals surface area contributed by atoms with Gasteiger partial charge in [-0.1, -0.05) is 36.4 Å². The third kappa shape index (κ3) is 6.32. The number of ether oxygens (including phenoxy) is 1. The SMILES string of the molecule is COc1ccc(C(=O)N/C(=C\c2cccs2)C(=O)NCCCc2ccccc2)cc1. The molecule has 0 atom stereocenters. The van der Waals surface area contributed by atoms with Crippen LogP contribution in [0.25, 0.3) is 6.08 Å². The molecule has 3 rings (SSSR count). The average Bonchev–Trinajstić information content (AvgIpc) is 3.30. The molecule has 1 heterocycles. The van der Waals surface area contributed by atoms with Gasteiger partial charge in [0, 0.05) is 17.0 Å². The van der Waals surface area contributed by atoms with Gasteiger partial charge in [0.25, 0.3) is 11.8 Å². The zero-order valence-electron chi connectivity index (χ0n) is 16.8. The Morgan fingerprint density at radius 3 is 2.43 bits per heavy atom. The molecule has 0 aliphatic carbocycles. The fraction of sp³-hybridized carbons (Fsp3) is 0.167. The Morgan fingerprint density at radius 1 is 1.00 bits per heavy atom. The summed E-state index contributed by atoms with van der Waals surface area (Å²) in [5.41, 5.74) is 1.90. The Balaban J connectivity index is 1.62. The van der Waals surface area contributed by atoms with Crippen molar-refractivity contribution >= 4 is 29.2 Å². The number of nitrogens with one attached hydrogen (secondary N) is 2. The standard InChI is InChI=1S/C24H24N2O3S/c1-29-20-13-11-19(12-14-20)23(27)26-22(17-21-10-6-16-30-21)24(28)25-15-5-9-18-7-3-2-4-8-18/h2-4,6-8,10-14,16-17H,5,9,15H2,1H3,(H,25,28)(H,26,27)/b22-17-. The highest BCUT2D eigenvalue weighted by atomic mass is 32.1. The zero-order valence-corrected chi connectivity index (χ0v) is 17.6. The van der Waals surface area contributed by atoms with Crippen LogP contribution in [0.1, 0.15) is 27.2 Å². The predicted molar refractivity (Wildman–Crippen MR) is 121 cm³/mol. The molecule has 0 radical (unpaired) electrons. The number of hydrogen-bond acceptors (Lipinski definition) is 4. The molecule has 0 saturated heterocycles. The molecule has 5 nitrogen and oxygen atoms in total. The first-order valence-corrected chi connectivity index (χ1v) is 10.6. The van der Waals surface area contributed by atoms with Crippen LogP contribution in [-0.2, 0) is 11.2 Å². The van der Waals surface area contributed by atoms with Crippen LogP contribution in [0.15, 0.2) is 77.8 Å². The van der Waals surface area contributed by atoms with E-state index in [9.17, 15) is 9.59 Å². The van der Waals surface area contributed by atoms with Crippen LogP contribution in [0.3, 0.4) is 0 Å². The average molecular weight is 421 g/mol. The van der Waals surface area contributed by atoms with Crippen molar-refractivity contribution in [2.45, 2.75) is 12.8 Å². The first-order valence-electron chi connectivity index (χ1n) is 9.68. The van der Waals surface area contributed by atoms with E-state index < -0.39 is 0 Å². The molecule has 2 N–H and O–H groups in total. The summed E-state index contributed by atoms with van der Waals surface area (Å²) >= 11 is 1.50. The van der Waals surface area contributed by atoms with Crippen LogP contribution in [-0.4, -0.2) is 25.5 Å². The van der Waals surface area contributed by atoms with E-state index in [4.69, 9.17) is 4.74 Å². The van der Waals surface area contributed by atoms with Crippen LogP contribution in [0.4, 0.5) is 0 Å². The minimum absolute atomic E-state index is 0.220. The number of methoxy groups -OCH3 is 1. The van der Waals surface area contributed by atoms with Gasteiger partial charge in [0.15, 0.2) is 0 Å². The summed E-state index contributed by atoms with van der Waals surface area (Å²) in [6, 6.07) is 20.7. The Kier molecular flexibility index (Phi) is 7.80. The number of amides is 2. The van der Waals surface area contributed by atoms with Crippen molar-refractivity contribution in [3.8, 4) is 5.75 Å². The lowest BCUT2D eigenvalue weighted by atomic mass is 10.1. The van der Waals surface area contributed by atoms with Crippen LogP contribution < -0.4 is 15.4 Å². The van der Waals surface area contributed by atoms with E-state index in [0.29, 0.717) is 17.9 Å². The van der Waals surface area contributed by atoms with E-state index >= 15 is 0 Å². The Morgan fingerprint density at radius 2 is 1.77 bits per heavy atom. The first-order chi connectivity index (χ1) is 14.7. The van der Waals surface area contributed by atoms with E-state index in [1.807, 2.05) is 35.7 Å². The van der Waals surface area contributed by atoms with Gasteiger partial charge in [0.1, 0.15) is 11.4 Å². The van der Waals surface area contributed by atoms with Crippen LogP contribution in [0.5, 0.6) is 5.75 Å². The molecule has 2 aromatic carbocycles. The minimum atomic E-state index is -0.347. The smallest absolute Gasteiger partial charge is 0.267 e. The van der Waals surface area contributed by atoms with Crippen LogP contribution in [0, 0.1) is 0 Å². The molecule has 0 aliphatic heterocycles. The van der Waals surface area contributed by atoms with Gasteiger partial charge in [-0.05, 0) is 60.2 Å². The van der Waals surface area contributed by atoms with E-state index in [-0.39, 0.29) is 17.5 Å². The number of hydrogen-bond donors (Lipinski definition) is 2. The van der Waals surface area contributed by atoms with Crippen molar-refractivity contribution in [2.75, 3.05) is 13.7 Å². The second-order valence-corrected chi connectivity index (χ2v) is 7.58. The number of benzene rings is 2.